The van der Waals surface area contributed by atoms with E-state index in [0.29, 0.717) is 5.02 Å². The summed E-state index contributed by atoms with van der Waals surface area (Å²) in [5.74, 6) is -0.0633. The fourth-order valence-corrected chi connectivity index (χ4v) is 3.70. The molecule has 19 heavy (non-hydrogen) atoms. The Hall–Kier alpha value is -1.15. The van der Waals surface area contributed by atoms with Gasteiger partial charge in [0, 0.05) is 16.1 Å². The lowest BCUT2D eigenvalue weighted by Crippen LogP contribution is -2.23. The van der Waals surface area contributed by atoms with Crippen LogP contribution in [0.1, 0.15) is 11.6 Å². The average Bonchev–Trinajstić information content (AvgIpc) is 2.97. The third kappa shape index (κ3) is 2.34. The molecule has 2 N–H and O–H groups in total. The summed E-state index contributed by atoms with van der Waals surface area (Å²) in [5, 5.41) is 14.2. The summed E-state index contributed by atoms with van der Waals surface area (Å²) in [6.07, 6.45) is 0. The van der Waals surface area contributed by atoms with Gasteiger partial charge in [-0.1, -0.05) is 34.7 Å². The first-order chi connectivity index (χ1) is 9.19. The summed E-state index contributed by atoms with van der Waals surface area (Å²) in [6, 6.07) is 3.35. The van der Waals surface area contributed by atoms with Crippen molar-refractivity contribution < 1.29 is 4.79 Å². The topological polar surface area (TPSA) is 66.9 Å². The first-order valence-electron chi connectivity index (χ1n) is 5.44. The Balaban J connectivity index is 1.97. The minimum absolute atomic E-state index is 0.0633. The van der Waals surface area contributed by atoms with Crippen molar-refractivity contribution in [1.82, 2.24) is 15.5 Å². The van der Waals surface area contributed by atoms with Crippen molar-refractivity contribution >= 4 is 46.3 Å². The van der Waals surface area contributed by atoms with E-state index < -0.39 is 0 Å². The van der Waals surface area contributed by atoms with Crippen molar-refractivity contribution in [2.24, 2.45) is 0 Å². The number of likely N-dealkylation sites (N-methyl/N-ethyl adjacent to an activating group) is 1. The van der Waals surface area contributed by atoms with Crippen LogP contribution in [0, 0.1) is 0 Å². The number of amides is 1. The molecule has 5 nitrogen and oxygen atoms in total. The van der Waals surface area contributed by atoms with Crippen molar-refractivity contribution in [1.29, 1.82) is 0 Å². The lowest BCUT2D eigenvalue weighted by atomic mass is 10.1. The average molecular weight is 313 g/mol. The number of carbonyl (C=O) groups is 1. The van der Waals surface area contributed by atoms with Crippen LogP contribution in [-0.4, -0.2) is 23.2 Å². The minimum atomic E-state index is -0.340. The van der Waals surface area contributed by atoms with Crippen LogP contribution in [0.2, 0.25) is 5.02 Å². The van der Waals surface area contributed by atoms with E-state index in [2.05, 4.69) is 20.8 Å². The van der Waals surface area contributed by atoms with Gasteiger partial charge in [0.2, 0.25) is 5.91 Å². The summed E-state index contributed by atoms with van der Waals surface area (Å²) in [5.41, 5.74) is 3.34. The van der Waals surface area contributed by atoms with Crippen molar-refractivity contribution in [3.63, 3.8) is 0 Å². The molecule has 3 rings (SSSR count). The number of aromatic nitrogens is 2. The molecule has 1 aliphatic rings. The highest BCUT2D eigenvalue weighted by Crippen LogP contribution is 2.41. The molecule has 1 aromatic carbocycles. The molecule has 0 saturated heterocycles. The van der Waals surface area contributed by atoms with Gasteiger partial charge in [0.25, 0.3) is 0 Å². The lowest BCUT2D eigenvalue weighted by molar-refractivity contribution is -0.117. The zero-order chi connectivity index (χ0) is 13.4. The van der Waals surface area contributed by atoms with Gasteiger partial charge in [-0.25, -0.2) is 0 Å². The van der Waals surface area contributed by atoms with Crippen LogP contribution in [0.25, 0.3) is 0 Å². The summed E-state index contributed by atoms with van der Waals surface area (Å²) in [7, 11) is 1.75. The van der Waals surface area contributed by atoms with E-state index in [1.807, 2.05) is 12.1 Å². The number of halogens is 1. The number of carbonyl (C=O) groups excluding carboxylic acids is 1. The molecule has 98 valence electrons. The zero-order valence-electron chi connectivity index (χ0n) is 9.81. The predicted molar refractivity (Wildman–Crippen MR) is 75.9 cm³/mol. The second-order valence-corrected chi connectivity index (χ2v) is 6.42. The largest absolute Gasteiger partial charge is 0.324 e. The first-order valence-corrected chi connectivity index (χ1v) is 7.52. The third-order valence-electron chi connectivity index (χ3n) is 2.76. The molecule has 0 radical (unpaired) electrons. The molecule has 8 heteroatoms. The van der Waals surface area contributed by atoms with Gasteiger partial charge in [-0.05, 0) is 19.2 Å². The number of anilines is 1. The fourth-order valence-electron chi connectivity index (χ4n) is 1.93. The SMILES string of the molecule is CNC1C(=O)Nc2cc(Sc3nncs3)c(Cl)cc21. The smallest absolute Gasteiger partial charge is 0.246 e. The van der Waals surface area contributed by atoms with E-state index in [0.717, 1.165) is 20.5 Å². The maximum Gasteiger partial charge on any atom is 0.246 e. The van der Waals surface area contributed by atoms with E-state index in [4.69, 9.17) is 11.6 Å². The molecule has 2 heterocycles. The van der Waals surface area contributed by atoms with Crippen LogP contribution >= 0.6 is 34.7 Å². The molecule has 1 atom stereocenters. The maximum absolute atomic E-state index is 11.8. The normalized spacial score (nSPS) is 17.4. The summed E-state index contributed by atoms with van der Waals surface area (Å²) >= 11 is 9.15. The maximum atomic E-state index is 11.8. The number of nitrogens with zero attached hydrogens (tertiary/aromatic N) is 2. The van der Waals surface area contributed by atoms with E-state index in [9.17, 15) is 4.79 Å². The molecular formula is C11H9ClN4OS2. The molecule has 1 aliphatic heterocycles. The number of rotatable bonds is 3. The quantitative estimate of drug-likeness (QED) is 0.911. The zero-order valence-corrected chi connectivity index (χ0v) is 12.2. The second kappa shape index (κ2) is 5.09. The highest BCUT2D eigenvalue weighted by Gasteiger charge is 2.30. The summed E-state index contributed by atoms with van der Waals surface area (Å²) in [6.45, 7) is 0. The molecular weight excluding hydrogens is 304 g/mol. The van der Waals surface area contributed by atoms with E-state index >= 15 is 0 Å². The van der Waals surface area contributed by atoms with Crippen molar-refractivity contribution in [2.75, 3.05) is 12.4 Å². The Labute approximate surface area is 122 Å². The molecule has 1 amide bonds. The van der Waals surface area contributed by atoms with E-state index in [-0.39, 0.29) is 11.9 Å². The Morgan fingerprint density at radius 2 is 2.37 bits per heavy atom. The van der Waals surface area contributed by atoms with Gasteiger partial charge < -0.3 is 10.6 Å². The van der Waals surface area contributed by atoms with Gasteiger partial charge in [-0.2, -0.15) is 0 Å². The number of nitrogens with one attached hydrogen (secondary N) is 2. The molecule has 1 aromatic heterocycles. The molecule has 0 saturated carbocycles. The van der Waals surface area contributed by atoms with Gasteiger partial charge in [-0.3, -0.25) is 4.79 Å². The molecule has 0 bridgehead atoms. The van der Waals surface area contributed by atoms with Gasteiger partial charge in [0.1, 0.15) is 11.6 Å². The Morgan fingerprint density at radius 1 is 1.53 bits per heavy atom. The Morgan fingerprint density at radius 3 is 3.05 bits per heavy atom. The van der Waals surface area contributed by atoms with E-state index in [1.54, 1.807) is 12.6 Å². The number of hydrogen-bond donors (Lipinski definition) is 2. The van der Waals surface area contributed by atoms with Crippen LogP contribution in [0.5, 0.6) is 0 Å². The molecule has 0 aliphatic carbocycles. The van der Waals surface area contributed by atoms with Gasteiger partial charge in [-0.15, -0.1) is 10.2 Å². The van der Waals surface area contributed by atoms with E-state index in [1.165, 1.54) is 23.1 Å². The standard InChI is InChI=1S/C11H9ClN4OS2/c1-13-9-5-2-6(12)8(3-7(5)15-10(9)17)19-11-16-14-4-18-11/h2-4,9,13H,1H3,(H,15,17). The van der Waals surface area contributed by atoms with Crippen molar-refractivity contribution in [3.05, 3.63) is 28.2 Å². The molecule has 0 spiro atoms. The van der Waals surface area contributed by atoms with Crippen molar-refractivity contribution in [2.45, 2.75) is 15.3 Å². The Kier molecular flexibility index (Phi) is 3.44. The van der Waals surface area contributed by atoms with Crippen LogP contribution in [-0.2, 0) is 4.79 Å². The number of benzene rings is 1. The van der Waals surface area contributed by atoms with Crippen LogP contribution in [0.15, 0.2) is 26.9 Å². The minimum Gasteiger partial charge on any atom is -0.324 e. The second-order valence-electron chi connectivity index (χ2n) is 3.89. The highest BCUT2D eigenvalue weighted by atomic mass is 35.5. The highest BCUT2D eigenvalue weighted by molar-refractivity contribution is 8.01. The lowest BCUT2D eigenvalue weighted by Gasteiger charge is -2.08. The molecule has 1 unspecified atom stereocenters. The van der Waals surface area contributed by atoms with Gasteiger partial charge in [0.15, 0.2) is 4.34 Å². The fraction of sp³-hybridized carbons (Fsp3) is 0.182. The van der Waals surface area contributed by atoms with Crippen LogP contribution in [0.3, 0.4) is 0 Å². The monoisotopic (exact) mass is 312 g/mol. The summed E-state index contributed by atoms with van der Waals surface area (Å²) < 4.78 is 0.816. The molecule has 0 fully saturated rings. The van der Waals surface area contributed by atoms with Gasteiger partial charge >= 0.3 is 0 Å². The number of fused-ring (bicyclic) bond motifs is 1. The number of hydrogen-bond acceptors (Lipinski definition) is 6. The first kappa shape index (κ1) is 12.9. The Bertz CT molecular complexity index is 632. The third-order valence-corrected chi connectivity index (χ3v) is 5.02. The predicted octanol–water partition coefficient (Wildman–Crippen LogP) is 2.56. The van der Waals surface area contributed by atoms with Gasteiger partial charge in [0.05, 0.1) is 5.02 Å². The molecule has 2 aromatic rings. The summed E-state index contributed by atoms with van der Waals surface area (Å²) in [4.78, 5) is 12.6. The van der Waals surface area contributed by atoms with Crippen molar-refractivity contribution in [3.8, 4) is 0 Å². The van der Waals surface area contributed by atoms with Crippen LogP contribution < -0.4 is 10.6 Å². The van der Waals surface area contributed by atoms with Crippen LogP contribution in [0.4, 0.5) is 5.69 Å².